The fourth-order valence-electron chi connectivity index (χ4n) is 2.81. The molecule has 1 saturated carbocycles. The number of aromatic amines is 1. The molecule has 1 aliphatic rings. The quantitative estimate of drug-likeness (QED) is 0.819. The summed E-state index contributed by atoms with van der Waals surface area (Å²) in [4.78, 5) is 0. The third-order valence-electron chi connectivity index (χ3n) is 3.97. The van der Waals surface area contributed by atoms with E-state index in [9.17, 15) is 0 Å². The lowest BCUT2D eigenvalue weighted by molar-refractivity contribution is 0.488. The van der Waals surface area contributed by atoms with Gasteiger partial charge in [-0.3, -0.25) is 5.10 Å². The van der Waals surface area contributed by atoms with Crippen LogP contribution < -0.4 is 5.32 Å². The third kappa shape index (κ3) is 2.08. The number of nitrogens with zero attached hydrogens (tertiary/aromatic N) is 1. The van der Waals surface area contributed by atoms with Crippen LogP contribution in [0.1, 0.15) is 50.8 Å². The van der Waals surface area contributed by atoms with Gasteiger partial charge in [0.25, 0.3) is 0 Å². The van der Waals surface area contributed by atoms with Gasteiger partial charge in [-0.1, -0.05) is 26.7 Å². The number of aryl methyl sites for hydroxylation is 1. The van der Waals surface area contributed by atoms with Crippen LogP contribution in [0, 0.1) is 12.8 Å². The second-order valence-electron chi connectivity index (χ2n) is 4.88. The van der Waals surface area contributed by atoms with Crippen molar-refractivity contribution in [3.05, 3.63) is 11.3 Å². The molecule has 16 heavy (non-hydrogen) atoms. The molecule has 2 rings (SSSR count). The molecule has 90 valence electrons. The molecule has 2 unspecified atom stereocenters. The van der Waals surface area contributed by atoms with Gasteiger partial charge in [0.2, 0.25) is 0 Å². The number of aromatic nitrogens is 2. The normalized spacial score (nSPS) is 24.9. The molecule has 3 heteroatoms. The maximum Gasteiger partial charge on any atom is 0.151 e. The Morgan fingerprint density at radius 2 is 2.19 bits per heavy atom. The van der Waals surface area contributed by atoms with Gasteiger partial charge in [-0.15, -0.1) is 0 Å². The van der Waals surface area contributed by atoms with E-state index in [-0.39, 0.29) is 0 Å². The number of hydrogen-bond donors (Lipinski definition) is 2. The van der Waals surface area contributed by atoms with E-state index in [1.54, 1.807) is 0 Å². The maximum atomic E-state index is 4.38. The average Bonchev–Trinajstić information content (AvgIpc) is 2.87. The van der Waals surface area contributed by atoms with Gasteiger partial charge in [0.15, 0.2) is 5.82 Å². The standard InChI is InChI=1S/C13H23N3/c1-4-10-7-6-8-12(10)14-13-9(3)11(5-2)15-16-13/h10,12H,4-8H2,1-3H3,(H2,14,15,16). The highest BCUT2D eigenvalue weighted by Crippen LogP contribution is 2.31. The lowest BCUT2D eigenvalue weighted by atomic mass is 10.0. The van der Waals surface area contributed by atoms with Crippen LogP contribution in [0.3, 0.4) is 0 Å². The van der Waals surface area contributed by atoms with Crippen LogP contribution in [0.2, 0.25) is 0 Å². The van der Waals surface area contributed by atoms with Gasteiger partial charge in [0.1, 0.15) is 0 Å². The molecule has 0 spiro atoms. The second kappa shape index (κ2) is 4.89. The highest BCUT2D eigenvalue weighted by atomic mass is 15.2. The largest absolute Gasteiger partial charge is 0.365 e. The van der Waals surface area contributed by atoms with Gasteiger partial charge in [-0.25, -0.2) is 0 Å². The first kappa shape index (κ1) is 11.5. The molecule has 1 aromatic heterocycles. The Bertz CT molecular complexity index is 343. The van der Waals surface area contributed by atoms with Crippen LogP contribution in [0.25, 0.3) is 0 Å². The first-order valence-corrected chi connectivity index (χ1v) is 6.56. The zero-order valence-electron chi connectivity index (χ0n) is 10.6. The van der Waals surface area contributed by atoms with E-state index in [1.165, 1.54) is 36.9 Å². The van der Waals surface area contributed by atoms with E-state index in [2.05, 4.69) is 36.3 Å². The van der Waals surface area contributed by atoms with Crippen molar-refractivity contribution in [2.24, 2.45) is 5.92 Å². The number of anilines is 1. The minimum atomic E-state index is 0.636. The van der Waals surface area contributed by atoms with Crippen molar-refractivity contribution in [1.82, 2.24) is 10.2 Å². The van der Waals surface area contributed by atoms with Crippen LogP contribution in [0.4, 0.5) is 5.82 Å². The second-order valence-corrected chi connectivity index (χ2v) is 4.88. The number of hydrogen-bond acceptors (Lipinski definition) is 2. The van der Waals surface area contributed by atoms with Crippen LogP contribution in [-0.2, 0) is 6.42 Å². The first-order valence-electron chi connectivity index (χ1n) is 6.56. The summed E-state index contributed by atoms with van der Waals surface area (Å²) in [7, 11) is 0. The molecule has 1 fully saturated rings. The molecule has 0 aliphatic heterocycles. The highest BCUT2D eigenvalue weighted by Gasteiger charge is 2.26. The fourth-order valence-corrected chi connectivity index (χ4v) is 2.81. The lowest BCUT2D eigenvalue weighted by Crippen LogP contribution is -2.24. The maximum absolute atomic E-state index is 4.38. The molecule has 0 amide bonds. The van der Waals surface area contributed by atoms with Crippen molar-refractivity contribution in [2.75, 3.05) is 5.32 Å². The topological polar surface area (TPSA) is 40.7 Å². The van der Waals surface area contributed by atoms with Gasteiger partial charge in [-0.05, 0) is 32.1 Å². The van der Waals surface area contributed by atoms with E-state index in [0.717, 1.165) is 18.2 Å². The number of rotatable bonds is 4. The Balaban J connectivity index is 2.05. The Labute approximate surface area is 98.0 Å². The Morgan fingerprint density at radius 1 is 1.38 bits per heavy atom. The fraction of sp³-hybridized carbons (Fsp3) is 0.769. The van der Waals surface area contributed by atoms with Crippen molar-refractivity contribution >= 4 is 5.82 Å². The predicted molar refractivity (Wildman–Crippen MR) is 67.7 cm³/mol. The summed E-state index contributed by atoms with van der Waals surface area (Å²) in [5, 5.41) is 11.1. The molecule has 0 radical (unpaired) electrons. The van der Waals surface area contributed by atoms with Crippen molar-refractivity contribution < 1.29 is 0 Å². The molecule has 0 bridgehead atoms. The highest BCUT2D eigenvalue weighted by molar-refractivity contribution is 5.46. The lowest BCUT2D eigenvalue weighted by Gasteiger charge is -2.19. The summed E-state index contributed by atoms with van der Waals surface area (Å²) < 4.78 is 0. The van der Waals surface area contributed by atoms with Gasteiger partial charge in [0.05, 0.1) is 0 Å². The average molecular weight is 221 g/mol. The molecule has 0 aromatic carbocycles. The molecule has 1 aliphatic carbocycles. The summed E-state index contributed by atoms with van der Waals surface area (Å²) in [5.41, 5.74) is 2.55. The Morgan fingerprint density at radius 3 is 2.81 bits per heavy atom. The number of H-pyrrole nitrogens is 1. The van der Waals surface area contributed by atoms with Crippen LogP contribution in [-0.4, -0.2) is 16.2 Å². The molecule has 2 atom stereocenters. The van der Waals surface area contributed by atoms with Crippen LogP contribution in [0.5, 0.6) is 0 Å². The third-order valence-corrected chi connectivity index (χ3v) is 3.97. The molecule has 1 heterocycles. The SMILES string of the molecule is CCc1[nH]nc(NC2CCCC2CC)c1C. The minimum absolute atomic E-state index is 0.636. The van der Waals surface area contributed by atoms with Gasteiger partial charge < -0.3 is 5.32 Å². The van der Waals surface area contributed by atoms with E-state index in [0.29, 0.717) is 6.04 Å². The summed E-state index contributed by atoms with van der Waals surface area (Å²) in [5.74, 6) is 1.91. The molecule has 2 N–H and O–H groups in total. The van der Waals surface area contributed by atoms with E-state index >= 15 is 0 Å². The molecular weight excluding hydrogens is 198 g/mol. The monoisotopic (exact) mass is 221 g/mol. The summed E-state index contributed by atoms with van der Waals surface area (Å²) in [6, 6.07) is 0.636. The van der Waals surface area contributed by atoms with Crippen molar-refractivity contribution in [1.29, 1.82) is 0 Å². The van der Waals surface area contributed by atoms with Crippen LogP contribution in [0.15, 0.2) is 0 Å². The van der Waals surface area contributed by atoms with E-state index in [1.807, 2.05) is 0 Å². The zero-order valence-corrected chi connectivity index (χ0v) is 10.6. The molecule has 0 saturated heterocycles. The Kier molecular flexibility index (Phi) is 3.52. The Hall–Kier alpha value is -0.990. The predicted octanol–water partition coefficient (Wildman–Crippen LogP) is 3.27. The summed E-state index contributed by atoms with van der Waals surface area (Å²) >= 11 is 0. The van der Waals surface area contributed by atoms with Gasteiger partial charge in [0, 0.05) is 17.3 Å². The van der Waals surface area contributed by atoms with Crippen molar-refractivity contribution in [3.63, 3.8) is 0 Å². The molecular formula is C13H23N3. The minimum Gasteiger partial charge on any atom is -0.365 e. The molecule has 3 nitrogen and oxygen atoms in total. The summed E-state index contributed by atoms with van der Waals surface area (Å²) in [6.45, 7) is 6.61. The van der Waals surface area contributed by atoms with E-state index < -0.39 is 0 Å². The smallest absolute Gasteiger partial charge is 0.151 e. The number of nitrogens with one attached hydrogen (secondary N) is 2. The summed E-state index contributed by atoms with van der Waals surface area (Å²) in [6.07, 6.45) is 6.34. The zero-order chi connectivity index (χ0) is 11.5. The van der Waals surface area contributed by atoms with Gasteiger partial charge in [-0.2, -0.15) is 5.10 Å². The molecule has 1 aromatic rings. The first-order chi connectivity index (χ1) is 7.76. The van der Waals surface area contributed by atoms with Crippen LogP contribution >= 0.6 is 0 Å². The van der Waals surface area contributed by atoms with Crippen molar-refractivity contribution in [3.8, 4) is 0 Å². The van der Waals surface area contributed by atoms with Gasteiger partial charge >= 0.3 is 0 Å². The van der Waals surface area contributed by atoms with Crippen molar-refractivity contribution in [2.45, 2.75) is 58.9 Å². The van der Waals surface area contributed by atoms with E-state index in [4.69, 9.17) is 0 Å².